The summed E-state index contributed by atoms with van der Waals surface area (Å²) in [6.45, 7) is 0. The second kappa shape index (κ2) is 6.14. The summed E-state index contributed by atoms with van der Waals surface area (Å²) in [5.41, 5.74) is 4.03. The number of nitrogens with one attached hydrogen (secondary N) is 1. The lowest BCUT2D eigenvalue weighted by molar-refractivity contribution is 0.211. The van der Waals surface area contributed by atoms with E-state index in [1.807, 2.05) is 42.4 Å². The molecular weight excluding hydrogens is 214 g/mol. The van der Waals surface area contributed by atoms with Gasteiger partial charge in [0.2, 0.25) is 0 Å². The highest BCUT2D eigenvalue weighted by Gasteiger charge is 2.02. The number of hydrogen-bond acceptors (Lipinski definition) is 3. The van der Waals surface area contributed by atoms with Crippen molar-refractivity contribution in [2.45, 2.75) is 0 Å². The fraction of sp³-hybridized carbons (Fsp3) is 0.300. The molecule has 0 radical (unpaired) electrons. The van der Waals surface area contributed by atoms with Crippen molar-refractivity contribution in [1.82, 2.24) is 5.43 Å². The van der Waals surface area contributed by atoms with Crippen LogP contribution in [0.4, 0.5) is 5.69 Å². The molecule has 1 aromatic rings. The summed E-state index contributed by atoms with van der Waals surface area (Å²) < 4.78 is 0. The number of para-hydroxylation sites is 1. The molecule has 0 aromatic heterocycles. The highest BCUT2D eigenvalue weighted by Crippen LogP contribution is 2.08. The van der Waals surface area contributed by atoms with Crippen LogP contribution in [-0.4, -0.2) is 25.9 Å². The number of halogens is 1. The lowest BCUT2D eigenvalue weighted by atomic mass is 10.3. The Morgan fingerprint density at radius 2 is 2.13 bits per heavy atom. The fourth-order valence-corrected chi connectivity index (χ4v) is 1.20. The molecular formula is C10H14ClN3O. The smallest absolute Gasteiger partial charge is 0.175 e. The van der Waals surface area contributed by atoms with Crippen molar-refractivity contribution in [3.05, 3.63) is 30.3 Å². The molecule has 0 saturated carbocycles. The molecule has 0 amide bonds. The van der Waals surface area contributed by atoms with Crippen LogP contribution >= 0.6 is 11.6 Å². The van der Waals surface area contributed by atoms with E-state index in [0.717, 1.165) is 5.69 Å². The van der Waals surface area contributed by atoms with E-state index in [1.165, 1.54) is 7.11 Å². The van der Waals surface area contributed by atoms with Gasteiger partial charge in [-0.25, -0.2) is 0 Å². The summed E-state index contributed by atoms with van der Waals surface area (Å²) in [4.78, 5) is 4.65. The van der Waals surface area contributed by atoms with Crippen molar-refractivity contribution in [2.75, 3.05) is 25.0 Å². The van der Waals surface area contributed by atoms with E-state index >= 15 is 0 Å². The molecule has 0 fully saturated rings. The van der Waals surface area contributed by atoms with Crippen LogP contribution in [0, 0.1) is 0 Å². The Hall–Kier alpha value is -1.42. The topological polar surface area (TPSA) is 36.9 Å². The van der Waals surface area contributed by atoms with Crippen LogP contribution in [0.3, 0.4) is 0 Å². The molecule has 0 aliphatic carbocycles. The molecule has 82 valence electrons. The standard InChI is InChI=1S/C10H14ClN3O/c1-14(9-6-4-3-5-7-9)12-10(8-11)13-15-2/h3-7H,8H2,1-2H3,(H,12,13). The minimum absolute atomic E-state index is 0.269. The van der Waals surface area contributed by atoms with Crippen molar-refractivity contribution in [3.8, 4) is 0 Å². The van der Waals surface area contributed by atoms with Crippen LogP contribution in [0.1, 0.15) is 0 Å². The first-order valence-electron chi connectivity index (χ1n) is 4.49. The Labute approximate surface area is 94.4 Å². The van der Waals surface area contributed by atoms with E-state index in [9.17, 15) is 0 Å². The maximum atomic E-state index is 5.68. The van der Waals surface area contributed by atoms with Crippen molar-refractivity contribution < 1.29 is 4.84 Å². The van der Waals surface area contributed by atoms with Gasteiger partial charge in [0.25, 0.3) is 0 Å². The van der Waals surface area contributed by atoms with Gasteiger partial charge in [-0.05, 0) is 12.1 Å². The Balaban J connectivity index is 2.62. The minimum atomic E-state index is 0.269. The van der Waals surface area contributed by atoms with Gasteiger partial charge in [0.1, 0.15) is 7.11 Å². The lowest BCUT2D eigenvalue weighted by Gasteiger charge is -2.21. The molecule has 0 aliphatic rings. The molecule has 1 rings (SSSR count). The number of oxime groups is 1. The van der Waals surface area contributed by atoms with E-state index in [-0.39, 0.29) is 5.88 Å². The average molecular weight is 228 g/mol. The quantitative estimate of drug-likeness (QED) is 0.369. The van der Waals surface area contributed by atoms with Gasteiger partial charge in [-0.1, -0.05) is 23.4 Å². The molecule has 0 saturated heterocycles. The Morgan fingerprint density at radius 3 is 2.67 bits per heavy atom. The summed E-state index contributed by atoms with van der Waals surface area (Å²) in [6.07, 6.45) is 0. The zero-order chi connectivity index (χ0) is 11.1. The van der Waals surface area contributed by atoms with Gasteiger partial charge in [-0.3, -0.25) is 10.4 Å². The normalized spacial score (nSPS) is 11.0. The average Bonchev–Trinajstić information content (AvgIpc) is 2.29. The zero-order valence-corrected chi connectivity index (χ0v) is 9.53. The Kier molecular flexibility index (Phi) is 4.77. The molecule has 0 spiro atoms. The highest BCUT2D eigenvalue weighted by molar-refractivity contribution is 6.28. The van der Waals surface area contributed by atoms with Crippen molar-refractivity contribution in [1.29, 1.82) is 0 Å². The van der Waals surface area contributed by atoms with Gasteiger partial charge in [-0.2, -0.15) is 0 Å². The molecule has 5 heteroatoms. The molecule has 0 aliphatic heterocycles. The van der Waals surface area contributed by atoms with Crippen LogP contribution in [0.15, 0.2) is 35.5 Å². The van der Waals surface area contributed by atoms with E-state index < -0.39 is 0 Å². The van der Waals surface area contributed by atoms with E-state index in [2.05, 4.69) is 15.4 Å². The van der Waals surface area contributed by atoms with E-state index in [1.54, 1.807) is 0 Å². The fourth-order valence-electron chi connectivity index (χ4n) is 1.09. The number of hydrazine groups is 1. The SMILES string of the molecule is CON=C(CCl)NN(C)c1ccccc1. The molecule has 1 N–H and O–H groups in total. The molecule has 0 unspecified atom stereocenters. The summed E-state index contributed by atoms with van der Waals surface area (Å²) in [7, 11) is 3.36. The number of rotatable bonds is 4. The van der Waals surface area contributed by atoms with Crippen molar-refractivity contribution in [2.24, 2.45) is 5.16 Å². The third-order valence-electron chi connectivity index (χ3n) is 1.77. The summed E-state index contributed by atoms with van der Waals surface area (Å²) in [5, 5.41) is 5.56. The first-order chi connectivity index (χ1) is 7.27. The molecule has 4 nitrogen and oxygen atoms in total. The number of benzene rings is 1. The van der Waals surface area contributed by atoms with Gasteiger partial charge in [0.05, 0.1) is 11.6 Å². The van der Waals surface area contributed by atoms with E-state index in [4.69, 9.17) is 11.6 Å². The second-order valence-corrected chi connectivity index (χ2v) is 3.13. The first-order valence-corrected chi connectivity index (χ1v) is 5.02. The monoisotopic (exact) mass is 227 g/mol. The van der Waals surface area contributed by atoms with Gasteiger partial charge >= 0.3 is 0 Å². The number of alkyl halides is 1. The first kappa shape index (κ1) is 11.7. The maximum absolute atomic E-state index is 5.68. The summed E-state index contributed by atoms with van der Waals surface area (Å²) in [5.74, 6) is 0.830. The maximum Gasteiger partial charge on any atom is 0.175 e. The van der Waals surface area contributed by atoms with Crippen LogP contribution in [-0.2, 0) is 4.84 Å². The number of hydrogen-bond donors (Lipinski definition) is 1. The molecule has 1 aromatic carbocycles. The van der Waals surface area contributed by atoms with Gasteiger partial charge in [0, 0.05) is 7.05 Å². The largest absolute Gasteiger partial charge is 0.398 e. The molecule has 0 bridgehead atoms. The molecule has 0 atom stereocenters. The van der Waals surface area contributed by atoms with Crippen LogP contribution in [0.2, 0.25) is 0 Å². The predicted octanol–water partition coefficient (Wildman–Crippen LogP) is 1.83. The predicted molar refractivity (Wildman–Crippen MR) is 63.1 cm³/mol. The number of nitrogens with zero attached hydrogens (tertiary/aromatic N) is 2. The summed E-state index contributed by atoms with van der Waals surface area (Å²) >= 11 is 5.68. The van der Waals surface area contributed by atoms with Crippen LogP contribution < -0.4 is 10.4 Å². The highest BCUT2D eigenvalue weighted by atomic mass is 35.5. The second-order valence-electron chi connectivity index (χ2n) is 2.86. The molecule has 15 heavy (non-hydrogen) atoms. The van der Waals surface area contributed by atoms with Gasteiger partial charge in [-0.15, -0.1) is 11.6 Å². The van der Waals surface area contributed by atoms with Gasteiger partial charge in [0.15, 0.2) is 5.84 Å². The van der Waals surface area contributed by atoms with E-state index in [0.29, 0.717) is 5.84 Å². The number of anilines is 1. The Morgan fingerprint density at radius 1 is 1.47 bits per heavy atom. The zero-order valence-electron chi connectivity index (χ0n) is 8.77. The lowest BCUT2D eigenvalue weighted by Crippen LogP contribution is -2.40. The van der Waals surface area contributed by atoms with Crippen molar-refractivity contribution >= 4 is 23.1 Å². The third-order valence-corrected chi connectivity index (χ3v) is 2.02. The van der Waals surface area contributed by atoms with Crippen LogP contribution in [0.5, 0.6) is 0 Å². The van der Waals surface area contributed by atoms with Crippen LogP contribution in [0.25, 0.3) is 0 Å². The minimum Gasteiger partial charge on any atom is -0.398 e. The van der Waals surface area contributed by atoms with Gasteiger partial charge < -0.3 is 4.84 Å². The van der Waals surface area contributed by atoms with Crippen molar-refractivity contribution in [3.63, 3.8) is 0 Å². The summed E-state index contributed by atoms with van der Waals surface area (Å²) in [6, 6.07) is 9.84. The molecule has 0 heterocycles. The number of amidine groups is 1. The third kappa shape index (κ3) is 3.67. The Bertz CT molecular complexity index is 316.